The molecule has 0 aliphatic carbocycles. The summed E-state index contributed by atoms with van der Waals surface area (Å²) >= 11 is 11.6. The summed E-state index contributed by atoms with van der Waals surface area (Å²) in [5, 5.41) is 3.26. The van der Waals surface area contributed by atoms with Gasteiger partial charge in [0.2, 0.25) is 5.24 Å². The first-order valence-electron chi connectivity index (χ1n) is 5.14. The largest absolute Gasteiger partial charge is 0.373 e. The SMILES string of the molecule is Cc1ccc(NC(C(=O)Cl)C(C)C)c(Cl)c1. The average Bonchev–Trinajstić information content (AvgIpc) is 2.15. The van der Waals surface area contributed by atoms with Gasteiger partial charge in [0.15, 0.2) is 0 Å². The molecule has 1 N–H and O–H groups in total. The van der Waals surface area contributed by atoms with E-state index >= 15 is 0 Å². The summed E-state index contributed by atoms with van der Waals surface area (Å²) in [6.07, 6.45) is 0. The van der Waals surface area contributed by atoms with Gasteiger partial charge in [-0.05, 0) is 42.1 Å². The lowest BCUT2D eigenvalue weighted by atomic mass is 10.1. The van der Waals surface area contributed by atoms with Crippen LogP contribution in [-0.2, 0) is 4.79 Å². The number of nitrogens with one attached hydrogen (secondary N) is 1. The van der Waals surface area contributed by atoms with Gasteiger partial charge >= 0.3 is 0 Å². The summed E-state index contributed by atoms with van der Waals surface area (Å²) in [5.41, 5.74) is 1.81. The standard InChI is InChI=1S/C12H15Cl2NO/c1-7(2)11(12(14)16)15-10-5-4-8(3)6-9(10)13/h4-7,11,15H,1-3H3. The summed E-state index contributed by atoms with van der Waals surface area (Å²) in [5.74, 6) is 0.113. The molecule has 1 aromatic rings. The highest BCUT2D eigenvalue weighted by Gasteiger charge is 2.20. The highest BCUT2D eigenvalue weighted by molar-refractivity contribution is 6.65. The quantitative estimate of drug-likeness (QED) is 0.833. The van der Waals surface area contributed by atoms with E-state index in [1.54, 1.807) is 0 Å². The highest BCUT2D eigenvalue weighted by atomic mass is 35.5. The summed E-state index contributed by atoms with van der Waals surface area (Å²) in [6.45, 7) is 5.82. The summed E-state index contributed by atoms with van der Waals surface area (Å²) in [6, 6.07) is 5.22. The van der Waals surface area contributed by atoms with Crippen LogP contribution in [0.1, 0.15) is 19.4 Å². The van der Waals surface area contributed by atoms with Crippen LogP contribution in [0, 0.1) is 12.8 Å². The van der Waals surface area contributed by atoms with Crippen molar-refractivity contribution in [3.05, 3.63) is 28.8 Å². The molecule has 1 rings (SSSR count). The van der Waals surface area contributed by atoms with E-state index in [1.165, 1.54) is 0 Å². The van der Waals surface area contributed by atoms with Gasteiger partial charge in [-0.3, -0.25) is 4.79 Å². The Morgan fingerprint density at radius 2 is 2.00 bits per heavy atom. The zero-order valence-corrected chi connectivity index (χ0v) is 11.1. The lowest BCUT2D eigenvalue weighted by molar-refractivity contribution is -0.113. The molecule has 0 fully saturated rings. The fourth-order valence-electron chi connectivity index (χ4n) is 1.39. The van der Waals surface area contributed by atoms with Crippen molar-refractivity contribution in [2.24, 2.45) is 5.92 Å². The average molecular weight is 260 g/mol. The van der Waals surface area contributed by atoms with E-state index in [9.17, 15) is 4.79 Å². The Balaban J connectivity index is 2.90. The van der Waals surface area contributed by atoms with Crippen LogP contribution in [0.3, 0.4) is 0 Å². The Morgan fingerprint density at radius 1 is 1.38 bits per heavy atom. The van der Waals surface area contributed by atoms with Crippen LogP contribution in [0.15, 0.2) is 18.2 Å². The lowest BCUT2D eigenvalue weighted by Crippen LogP contribution is -2.31. The number of carbonyl (C=O) groups excluding carboxylic acids is 1. The van der Waals surface area contributed by atoms with Gasteiger partial charge in [0.05, 0.1) is 10.7 Å². The molecule has 2 nitrogen and oxygen atoms in total. The van der Waals surface area contributed by atoms with Crippen molar-refractivity contribution in [1.29, 1.82) is 0 Å². The fourth-order valence-corrected chi connectivity index (χ4v) is 1.99. The van der Waals surface area contributed by atoms with Crippen molar-refractivity contribution < 1.29 is 4.79 Å². The molecule has 1 atom stereocenters. The molecule has 0 saturated carbocycles. The van der Waals surface area contributed by atoms with Crippen molar-refractivity contribution >= 4 is 34.1 Å². The minimum absolute atomic E-state index is 0.113. The molecule has 1 aromatic carbocycles. The number of halogens is 2. The minimum Gasteiger partial charge on any atom is -0.373 e. The first-order chi connectivity index (χ1) is 7.41. The topological polar surface area (TPSA) is 29.1 Å². The van der Waals surface area contributed by atoms with Crippen molar-refractivity contribution in [2.75, 3.05) is 5.32 Å². The van der Waals surface area contributed by atoms with Gasteiger partial charge in [0.1, 0.15) is 6.04 Å². The van der Waals surface area contributed by atoms with Gasteiger partial charge < -0.3 is 5.32 Å². The third-order valence-corrected chi connectivity index (χ3v) is 2.89. The molecule has 0 saturated heterocycles. The maximum absolute atomic E-state index is 11.2. The molecule has 4 heteroatoms. The van der Waals surface area contributed by atoms with Gasteiger partial charge in [-0.15, -0.1) is 0 Å². The zero-order chi connectivity index (χ0) is 12.3. The smallest absolute Gasteiger partial charge is 0.244 e. The number of rotatable bonds is 4. The first-order valence-corrected chi connectivity index (χ1v) is 5.89. The van der Waals surface area contributed by atoms with E-state index in [2.05, 4.69) is 5.32 Å². The van der Waals surface area contributed by atoms with Crippen LogP contribution >= 0.6 is 23.2 Å². The molecule has 16 heavy (non-hydrogen) atoms. The molecule has 0 radical (unpaired) electrons. The van der Waals surface area contributed by atoms with Crippen LogP contribution in [0.5, 0.6) is 0 Å². The van der Waals surface area contributed by atoms with Gasteiger partial charge in [0, 0.05) is 0 Å². The van der Waals surface area contributed by atoms with Crippen LogP contribution in [0.25, 0.3) is 0 Å². The van der Waals surface area contributed by atoms with Crippen LogP contribution < -0.4 is 5.32 Å². The minimum atomic E-state index is -0.415. The third-order valence-electron chi connectivity index (χ3n) is 2.35. The molecule has 0 aliphatic heterocycles. The Morgan fingerprint density at radius 3 is 2.44 bits per heavy atom. The third kappa shape index (κ3) is 3.39. The maximum Gasteiger partial charge on any atom is 0.244 e. The second-order valence-electron chi connectivity index (χ2n) is 4.15. The molecule has 1 unspecified atom stereocenters. The van der Waals surface area contributed by atoms with E-state index in [4.69, 9.17) is 23.2 Å². The van der Waals surface area contributed by atoms with E-state index in [1.807, 2.05) is 39.0 Å². The Bertz CT molecular complexity index is 391. The summed E-state index contributed by atoms with van der Waals surface area (Å²) in [7, 11) is 0. The Hall–Kier alpha value is -0.730. The number of carbonyl (C=O) groups is 1. The van der Waals surface area contributed by atoms with Crippen molar-refractivity contribution in [1.82, 2.24) is 0 Å². The number of anilines is 1. The molecule has 0 amide bonds. The number of aryl methyl sites for hydroxylation is 1. The maximum atomic E-state index is 11.2. The van der Waals surface area contributed by atoms with Crippen molar-refractivity contribution in [3.8, 4) is 0 Å². The van der Waals surface area contributed by atoms with Crippen LogP contribution in [0.2, 0.25) is 5.02 Å². The predicted molar refractivity (Wildman–Crippen MR) is 69.3 cm³/mol. The lowest BCUT2D eigenvalue weighted by Gasteiger charge is -2.20. The molecule has 0 heterocycles. The Labute approximate surface area is 106 Å². The Kier molecular flexibility index (Phi) is 4.63. The van der Waals surface area contributed by atoms with Crippen molar-refractivity contribution in [2.45, 2.75) is 26.8 Å². The fraction of sp³-hybridized carbons (Fsp3) is 0.417. The van der Waals surface area contributed by atoms with Gasteiger partial charge in [-0.1, -0.05) is 31.5 Å². The number of benzene rings is 1. The van der Waals surface area contributed by atoms with E-state index < -0.39 is 11.3 Å². The van der Waals surface area contributed by atoms with E-state index in [0.29, 0.717) is 5.02 Å². The van der Waals surface area contributed by atoms with Gasteiger partial charge in [-0.25, -0.2) is 0 Å². The highest BCUT2D eigenvalue weighted by Crippen LogP contribution is 2.25. The van der Waals surface area contributed by atoms with E-state index in [0.717, 1.165) is 11.3 Å². The molecule has 88 valence electrons. The van der Waals surface area contributed by atoms with Gasteiger partial charge in [0.25, 0.3) is 0 Å². The zero-order valence-electron chi connectivity index (χ0n) is 9.55. The van der Waals surface area contributed by atoms with Gasteiger partial charge in [-0.2, -0.15) is 0 Å². The summed E-state index contributed by atoms with van der Waals surface area (Å²) in [4.78, 5) is 11.2. The second kappa shape index (κ2) is 5.55. The first kappa shape index (κ1) is 13.3. The molecule has 0 aromatic heterocycles. The molecular weight excluding hydrogens is 245 g/mol. The van der Waals surface area contributed by atoms with Crippen LogP contribution in [0.4, 0.5) is 5.69 Å². The second-order valence-corrected chi connectivity index (χ2v) is 4.93. The van der Waals surface area contributed by atoms with Crippen LogP contribution in [-0.4, -0.2) is 11.3 Å². The molecule has 0 spiro atoms. The molecule has 0 aliphatic rings. The van der Waals surface area contributed by atoms with Crippen molar-refractivity contribution in [3.63, 3.8) is 0 Å². The molecular formula is C12H15Cl2NO. The number of hydrogen-bond donors (Lipinski definition) is 1. The van der Waals surface area contributed by atoms with E-state index in [-0.39, 0.29) is 5.92 Å². The number of hydrogen-bond acceptors (Lipinski definition) is 2. The molecule has 0 bridgehead atoms. The predicted octanol–water partition coefficient (Wildman–Crippen LogP) is 3.85. The summed E-state index contributed by atoms with van der Waals surface area (Å²) < 4.78 is 0. The normalized spacial score (nSPS) is 12.6. The monoisotopic (exact) mass is 259 g/mol.